The maximum absolute atomic E-state index is 4.15. The SMILES string of the molecule is C[NH+]1CCC[C@@H]1c1cccnc1. The van der Waals surface area contributed by atoms with Crippen LogP contribution in [0, 0.1) is 0 Å². The smallest absolute Gasteiger partial charge is 0.115 e. The summed E-state index contributed by atoms with van der Waals surface area (Å²) in [5, 5.41) is 0. The summed E-state index contributed by atoms with van der Waals surface area (Å²) in [6, 6.07) is 4.91. The lowest BCUT2D eigenvalue weighted by atomic mass is 10.1. The highest BCUT2D eigenvalue weighted by Crippen LogP contribution is 2.16. The maximum Gasteiger partial charge on any atom is 0.115 e. The molecule has 0 saturated carbocycles. The Morgan fingerprint density at radius 1 is 1.58 bits per heavy atom. The fourth-order valence-electron chi connectivity index (χ4n) is 2.04. The van der Waals surface area contributed by atoms with Crippen molar-refractivity contribution in [1.82, 2.24) is 4.98 Å². The minimum atomic E-state index is 0.693. The Kier molecular flexibility index (Phi) is 2.09. The Balaban J connectivity index is 2.19. The normalized spacial score (nSPS) is 29.1. The summed E-state index contributed by atoms with van der Waals surface area (Å²) in [7, 11) is 2.27. The number of pyridine rings is 1. The number of nitrogens with one attached hydrogen (secondary N) is 1. The average molecular weight is 163 g/mol. The van der Waals surface area contributed by atoms with Crippen LogP contribution in [0.5, 0.6) is 0 Å². The highest BCUT2D eigenvalue weighted by Gasteiger charge is 2.26. The molecule has 0 spiro atoms. The Labute approximate surface area is 73.2 Å². The van der Waals surface area contributed by atoms with E-state index in [4.69, 9.17) is 0 Å². The van der Waals surface area contributed by atoms with E-state index in [1.54, 1.807) is 4.90 Å². The Morgan fingerprint density at radius 2 is 2.50 bits per heavy atom. The third kappa shape index (κ3) is 1.34. The van der Waals surface area contributed by atoms with Crippen molar-refractivity contribution < 1.29 is 4.90 Å². The fourth-order valence-corrected chi connectivity index (χ4v) is 2.04. The van der Waals surface area contributed by atoms with Crippen molar-refractivity contribution in [1.29, 1.82) is 0 Å². The molecule has 2 heteroatoms. The van der Waals surface area contributed by atoms with Crippen LogP contribution < -0.4 is 4.90 Å². The van der Waals surface area contributed by atoms with Gasteiger partial charge in [-0.1, -0.05) is 6.07 Å². The van der Waals surface area contributed by atoms with Crippen LogP contribution in [-0.4, -0.2) is 18.6 Å². The van der Waals surface area contributed by atoms with E-state index < -0.39 is 0 Å². The van der Waals surface area contributed by atoms with Crippen LogP contribution in [0.1, 0.15) is 24.4 Å². The van der Waals surface area contributed by atoms with Gasteiger partial charge in [-0.25, -0.2) is 0 Å². The maximum atomic E-state index is 4.15. The summed E-state index contributed by atoms with van der Waals surface area (Å²) in [5.74, 6) is 0. The van der Waals surface area contributed by atoms with Gasteiger partial charge in [0.15, 0.2) is 0 Å². The molecule has 0 aromatic carbocycles. The Bertz CT molecular complexity index is 245. The van der Waals surface area contributed by atoms with Gasteiger partial charge in [0.25, 0.3) is 0 Å². The lowest BCUT2D eigenvalue weighted by molar-refractivity contribution is -0.898. The van der Waals surface area contributed by atoms with E-state index in [-0.39, 0.29) is 0 Å². The molecule has 1 N–H and O–H groups in total. The molecule has 1 aliphatic heterocycles. The molecule has 2 nitrogen and oxygen atoms in total. The third-order valence-corrected chi connectivity index (χ3v) is 2.75. The zero-order chi connectivity index (χ0) is 8.39. The minimum absolute atomic E-state index is 0.693. The van der Waals surface area contributed by atoms with Crippen molar-refractivity contribution in [2.45, 2.75) is 18.9 Å². The molecule has 2 atom stereocenters. The lowest BCUT2D eigenvalue weighted by Crippen LogP contribution is -3.07. The molecule has 1 unspecified atom stereocenters. The molecule has 1 aromatic rings. The standard InChI is InChI=1S/C10H14N2/c1-12-7-3-5-10(12)9-4-2-6-11-8-9/h2,4,6,8,10H,3,5,7H2,1H3/p+1/t10-/m1/s1. The Morgan fingerprint density at radius 3 is 3.08 bits per heavy atom. The zero-order valence-corrected chi connectivity index (χ0v) is 7.46. The first-order valence-corrected chi connectivity index (χ1v) is 4.60. The van der Waals surface area contributed by atoms with Gasteiger partial charge in [-0.05, 0) is 6.07 Å². The van der Waals surface area contributed by atoms with Crippen LogP contribution in [-0.2, 0) is 0 Å². The summed E-state index contributed by atoms with van der Waals surface area (Å²) < 4.78 is 0. The van der Waals surface area contributed by atoms with Gasteiger partial charge < -0.3 is 4.90 Å². The van der Waals surface area contributed by atoms with E-state index in [1.165, 1.54) is 24.9 Å². The molecule has 64 valence electrons. The molecule has 2 rings (SSSR count). The van der Waals surface area contributed by atoms with Gasteiger partial charge in [-0.2, -0.15) is 0 Å². The van der Waals surface area contributed by atoms with E-state index in [1.807, 2.05) is 18.5 Å². The van der Waals surface area contributed by atoms with Crippen molar-refractivity contribution >= 4 is 0 Å². The van der Waals surface area contributed by atoms with E-state index in [0.29, 0.717) is 6.04 Å². The van der Waals surface area contributed by atoms with Crippen molar-refractivity contribution in [2.24, 2.45) is 0 Å². The number of hydrogen-bond acceptors (Lipinski definition) is 1. The van der Waals surface area contributed by atoms with Crippen LogP contribution in [0.4, 0.5) is 0 Å². The lowest BCUT2D eigenvalue weighted by Gasteiger charge is -2.15. The van der Waals surface area contributed by atoms with Gasteiger partial charge in [0.05, 0.1) is 13.6 Å². The van der Waals surface area contributed by atoms with Crippen molar-refractivity contribution in [3.8, 4) is 0 Å². The Hall–Kier alpha value is -0.890. The summed E-state index contributed by atoms with van der Waals surface area (Å²) in [6.45, 7) is 1.31. The molecule has 1 aromatic heterocycles. The van der Waals surface area contributed by atoms with E-state index in [9.17, 15) is 0 Å². The first kappa shape index (κ1) is 7.74. The second-order valence-corrected chi connectivity index (χ2v) is 3.58. The molecule has 0 amide bonds. The predicted octanol–water partition coefficient (Wildman–Crippen LogP) is 0.431. The van der Waals surface area contributed by atoms with Crippen molar-refractivity contribution in [3.63, 3.8) is 0 Å². The molecular weight excluding hydrogens is 148 g/mol. The number of nitrogens with zero attached hydrogens (tertiary/aromatic N) is 1. The predicted molar refractivity (Wildman–Crippen MR) is 48.0 cm³/mol. The first-order chi connectivity index (χ1) is 5.88. The molecule has 0 radical (unpaired) electrons. The summed E-state index contributed by atoms with van der Waals surface area (Å²) in [4.78, 5) is 5.78. The van der Waals surface area contributed by atoms with Crippen molar-refractivity contribution in [3.05, 3.63) is 30.1 Å². The fraction of sp³-hybridized carbons (Fsp3) is 0.500. The number of rotatable bonds is 1. The van der Waals surface area contributed by atoms with Gasteiger partial charge in [0, 0.05) is 30.8 Å². The summed E-state index contributed by atoms with van der Waals surface area (Å²) in [6.07, 6.45) is 6.51. The van der Waals surface area contributed by atoms with E-state index in [0.717, 1.165) is 0 Å². The van der Waals surface area contributed by atoms with Crippen LogP contribution in [0.3, 0.4) is 0 Å². The molecule has 2 heterocycles. The van der Waals surface area contributed by atoms with Gasteiger partial charge in [0.2, 0.25) is 0 Å². The molecule has 0 aliphatic carbocycles. The second-order valence-electron chi connectivity index (χ2n) is 3.58. The number of aromatic nitrogens is 1. The van der Waals surface area contributed by atoms with Gasteiger partial charge in [0.1, 0.15) is 6.04 Å². The van der Waals surface area contributed by atoms with Gasteiger partial charge in [-0.3, -0.25) is 4.98 Å². The number of likely N-dealkylation sites (tertiary alicyclic amines) is 1. The first-order valence-electron chi connectivity index (χ1n) is 4.60. The molecule has 1 fully saturated rings. The van der Waals surface area contributed by atoms with Gasteiger partial charge >= 0.3 is 0 Å². The van der Waals surface area contributed by atoms with Crippen LogP contribution in [0.15, 0.2) is 24.5 Å². The zero-order valence-electron chi connectivity index (χ0n) is 7.46. The summed E-state index contributed by atoms with van der Waals surface area (Å²) in [5.41, 5.74) is 1.40. The molecule has 12 heavy (non-hydrogen) atoms. The third-order valence-electron chi connectivity index (χ3n) is 2.75. The highest BCUT2D eigenvalue weighted by molar-refractivity contribution is 5.11. The number of hydrogen-bond donors (Lipinski definition) is 1. The highest BCUT2D eigenvalue weighted by atomic mass is 15.1. The molecule has 1 saturated heterocycles. The monoisotopic (exact) mass is 163 g/mol. The second kappa shape index (κ2) is 3.23. The largest absolute Gasteiger partial charge is 0.331 e. The quantitative estimate of drug-likeness (QED) is 0.635. The topological polar surface area (TPSA) is 17.3 Å². The van der Waals surface area contributed by atoms with Crippen LogP contribution >= 0.6 is 0 Å². The van der Waals surface area contributed by atoms with E-state index in [2.05, 4.69) is 18.1 Å². The average Bonchev–Trinajstić information content (AvgIpc) is 2.53. The van der Waals surface area contributed by atoms with Crippen LogP contribution in [0.25, 0.3) is 0 Å². The molecular formula is C10H15N2+. The minimum Gasteiger partial charge on any atom is -0.331 e. The summed E-state index contributed by atoms with van der Waals surface area (Å²) >= 11 is 0. The van der Waals surface area contributed by atoms with Crippen LogP contribution in [0.2, 0.25) is 0 Å². The number of quaternary nitrogens is 1. The molecule has 0 bridgehead atoms. The van der Waals surface area contributed by atoms with Crippen molar-refractivity contribution in [2.75, 3.05) is 13.6 Å². The van der Waals surface area contributed by atoms with E-state index >= 15 is 0 Å². The molecule has 1 aliphatic rings. The van der Waals surface area contributed by atoms with Gasteiger partial charge in [-0.15, -0.1) is 0 Å².